The van der Waals surface area contributed by atoms with Gasteiger partial charge in [-0.1, -0.05) is 6.92 Å². The highest BCUT2D eigenvalue weighted by Crippen LogP contribution is 2.63. The van der Waals surface area contributed by atoms with Gasteiger partial charge in [-0.05, 0) is 60.8 Å². The van der Waals surface area contributed by atoms with E-state index in [1.807, 2.05) is 13.0 Å². The molecule has 4 rings (SSSR count). The van der Waals surface area contributed by atoms with Gasteiger partial charge in [0.05, 0.1) is 11.8 Å². The van der Waals surface area contributed by atoms with Crippen LogP contribution in [-0.4, -0.2) is 27.8 Å². The van der Waals surface area contributed by atoms with Crippen LogP contribution in [0.15, 0.2) is 24.4 Å². The minimum Gasteiger partial charge on any atom is -0.431 e. The molecule has 0 aromatic carbocycles. The molecule has 2 fully saturated rings. The molecule has 3 N–H and O–H groups in total. The number of rotatable bonds is 5. The molecule has 0 radical (unpaired) electrons. The Morgan fingerprint density at radius 2 is 2.00 bits per heavy atom. The minimum atomic E-state index is -2.96. The molecular weight excluding hydrogens is 340 g/mol. The molecule has 2 aliphatic carbocycles. The second kappa shape index (κ2) is 6.46. The summed E-state index contributed by atoms with van der Waals surface area (Å²) in [5, 5.41) is 9.75. The van der Waals surface area contributed by atoms with Gasteiger partial charge in [0.15, 0.2) is 11.6 Å². The van der Waals surface area contributed by atoms with Crippen LogP contribution >= 0.6 is 0 Å². The number of aliphatic hydroxyl groups is 1. The number of nitrogens with zero attached hydrogens (tertiary/aromatic N) is 2. The van der Waals surface area contributed by atoms with Crippen LogP contribution in [-0.2, 0) is 6.42 Å². The fraction of sp³-hybridized carbons (Fsp3) is 0.474. The van der Waals surface area contributed by atoms with Crippen LogP contribution in [0.25, 0.3) is 11.3 Å². The van der Waals surface area contributed by atoms with Gasteiger partial charge in [-0.25, -0.2) is 4.98 Å². The Morgan fingerprint density at radius 3 is 2.65 bits per heavy atom. The molecule has 0 aliphatic heterocycles. The molecule has 138 valence electrons. The van der Waals surface area contributed by atoms with Gasteiger partial charge in [0.25, 0.3) is 0 Å². The molecule has 0 bridgehead atoms. The van der Waals surface area contributed by atoms with Crippen LogP contribution in [0.1, 0.15) is 36.9 Å². The van der Waals surface area contributed by atoms with E-state index in [1.165, 1.54) is 17.8 Å². The number of alkyl halides is 2. The third-order valence-electron chi connectivity index (χ3n) is 5.46. The number of aliphatic hydroxyl groups excluding tert-OH is 1. The molecule has 2 heterocycles. The van der Waals surface area contributed by atoms with Crippen molar-refractivity contribution in [2.45, 2.75) is 44.8 Å². The van der Waals surface area contributed by atoms with Crippen molar-refractivity contribution in [1.29, 1.82) is 0 Å². The molecular formula is C19H21F2N3O2. The lowest BCUT2D eigenvalue weighted by Gasteiger charge is -2.13. The van der Waals surface area contributed by atoms with Crippen molar-refractivity contribution in [2.24, 2.45) is 11.8 Å². The van der Waals surface area contributed by atoms with E-state index in [9.17, 15) is 13.9 Å². The first-order valence-electron chi connectivity index (χ1n) is 8.86. The summed E-state index contributed by atoms with van der Waals surface area (Å²) in [4.78, 5) is 8.59. The quantitative estimate of drug-likeness (QED) is 0.853. The molecule has 0 spiro atoms. The van der Waals surface area contributed by atoms with Crippen LogP contribution in [0, 0.1) is 11.8 Å². The maximum absolute atomic E-state index is 12.6. The molecule has 2 saturated carbocycles. The maximum Gasteiger partial charge on any atom is 0.387 e. The van der Waals surface area contributed by atoms with Gasteiger partial charge in [-0.2, -0.15) is 8.78 Å². The minimum absolute atomic E-state index is 0.0772. The second-order valence-electron chi connectivity index (χ2n) is 7.10. The number of hydrogen-bond donors (Lipinski definition) is 2. The number of nitrogens with two attached hydrogens (primary N) is 1. The standard InChI is InChI=1S/C19H21F2N3O2/c1-2-11-3-9(17-13-6-12(25)7-14(13)17)4-15(24-11)10-5-16(26-19(20)21)18(22)23-8-10/h3-5,8,12-14,17,19,25H,2,6-7H2,1H3,(H2,22,23). The van der Waals surface area contributed by atoms with Crippen molar-refractivity contribution in [2.75, 3.05) is 5.73 Å². The van der Waals surface area contributed by atoms with E-state index in [0.717, 1.165) is 25.0 Å². The summed E-state index contributed by atoms with van der Waals surface area (Å²) >= 11 is 0. The molecule has 7 heteroatoms. The fourth-order valence-corrected chi connectivity index (χ4v) is 4.22. The van der Waals surface area contributed by atoms with E-state index in [0.29, 0.717) is 29.0 Å². The van der Waals surface area contributed by atoms with Gasteiger partial charge in [0, 0.05) is 17.5 Å². The first-order valence-corrected chi connectivity index (χ1v) is 8.86. The Balaban J connectivity index is 1.68. The van der Waals surface area contributed by atoms with Crippen LogP contribution in [0.4, 0.5) is 14.6 Å². The van der Waals surface area contributed by atoms with Gasteiger partial charge < -0.3 is 15.6 Å². The summed E-state index contributed by atoms with van der Waals surface area (Å²) in [5.74, 6) is 1.30. The highest BCUT2D eigenvalue weighted by atomic mass is 19.3. The first kappa shape index (κ1) is 17.1. The lowest BCUT2D eigenvalue weighted by Crippen LogP contribution is -2.06. The highest BCUT2D eigenvalue weighted by molar-refractivity contribution is 5.65. The summed E-state index contributed by atoms with van der Waals surface area (Å²) < 4.78 is 29.6. The van der Waals surface area contributed by atoms with E-state index in [1.54, 1.807) is 0 Å². The molecule has 0 amide bonds. The average molecular weight is 361 g/mol. The topological polar surface area (TPSA) is 81.3 Å². The largest absolute Gasteiger partial charge is 0.431 e. The Hall–Kier alpha value is -2.28. The number of pyridine rings is 2. The third kappa shape index (κ3) is 3.11. The lowest BCUT2D eigenvalue weighted by molar-refractivity contribution is -0.0494. The summed E-state index contributed by atoms with van der Waals surface area (Å²) in [7, 11) is 0. The highest BCUT2D eigenvalue weighted by Gasteiger charge is 2.56. The summed E-state index contributed by atoms with van der Waals surface area (Å²) in [5.41, 5.74) is 9.03. The van der Waals surface area contributed by atoms with Gasteiger partial charge in [0.1, 0.15) is 0 Å². The Kier molecular flexibility index (Phi) is 4.26. The third-order valence-corrected chi connectivity index (χ3v) is 5.46. The zero-order valence-corrected chi connectivity index (χ0v) is 14.4. The lowest BCUT2D eigenvalue weighted by atomic mass is 9.99. The van der Waals surface area contributed by atoms with Crippen LogP contribution in [0.2, 0.25) is 0 Å². The number of nitrogen functional groups attached to an aromatic ring is 1. The normalized spacial score (nSPS) is 26.8. The molecule has 26 heavy (non-hydrogen) atoms. The Labute approximate surface area is 150 Å². The first-order chi connectivity index (χ1) is 12.5. The van der Waals surface area contributed by atoms with E-state index < -0.39 is 6.61 Å². The predicted molar refractivity (Wildman–Crippen MR) is 92.9 cm³/mol. The number of hydrogen-bond acceptors (Lipinski definition) is 5. The van der Waals surface area contributed by atoms with Crippen LogP contribution in [0.3, 0.4) is 0 Å². The number of aromatic nitrogens is 2. The average Bonchev–Trinajstić information content (AvgIpc) is 3.12. The number of ether oxygens (including phenoxy) is 1. The van der Waals surface area contributed by atoms with Crippen LogP contribution in [0.5, 0.6) is 5.75 Å². The summed E-state index contributed by atoms with van der Waals surface area (Å²) in [6, 6.07) is 5.56. The number of anilines is 1. The van der Waals surface area contributed by atoms with Gasteiger partial charge >= 0.3 is 6.61 Å². The molecule has 2 aromatic heterocycles. The van der Waals surface area contributed by atoms with Crippen molar-refractivity contribution in [3.8, 4) is 17.0 Å². The fourth-order valence-electron chi connectivity index (χ4n) is 4.22. The predicted octanol–water partition coefficient (Wildman–Crippen LogP) is 3.37. The number of aryl methyl sites for hydroxylation is 1. The molecule has 2 aliphatic rings. The smallest absolute Gasteiger partial charge is 0.387 e. The van der Waals surface area contributed by atoms with Crippen molar-refractivity contribution in [3.05, 3.63) is 35.7 Å². The SMILES string of the molecule is CCc1cc(C2C3CC(O)CC32)cc(-c2cnc(N)c(OC(F)F)c2)n1. The maximum atomic E-state index is 12.6. The monoisotopic (exact) mass is 361 g/mol. The van der Waals surface area contributed by atoms with Crippen molar-refractivity contribution in [3.63, 3.8) is 0 Å². The van der Waals surface area contributed by atoms with Crippen molar-refractivity contribution in [1.82, 2.24) is 9.97 Å². The zero-order chi connectivity index (χ0) is 18.4. The van der Waals surface area contributed by atoms with E-state index >= 15 is 0 Å². The van der Waals surface area contributed by atoms with E-state index in [2.05, 4.69) is 20.8 Å². The summed E-state index contributed by atoms with van der Waals surface area (Å²) in [6.07, 6.45) is 3.82. The van der Waals surface area contributed by atoms with E-state index in [-0.39, 0.29) is 17.7 Å². The van der Waals surface area contributed by atoms with Crippen LogP contribution < -0.4 is 10.5 Å². The molecule has 0 saturated heterocycles. The van der Waals surface area contributed by atoms with Gasteiger partial charge in [-0.15, -0.1) is 0 Å². The number of fused-ring (bicyclic) bond motifs is 1. The Morgan fingerprint density at radius 1 is 1.27 bits per heavy atom. The van der Waals surface area contributed by atoms with Gasteiger partial charge in [-0.3, -0.25) is 4.98 Å². The van der Waals surface area contributed by atoms with Crippen molar-refractivity contribution >= 4 is 5.82 Å². The number of halogens is 2. The van der Waals surface area contributed by atoms with E-state index in [4.69, 9.17) is 5.73 Å². The molecule has 2 unspecified atom stereocenters. The van der Waals surface area contributed by atoms with Crippen molar-refractivity contribution < 1.29 is 18.6 Å². The van der Waals surface area contributed by atoms with Gasteiger partial charge in [0.2, 0.25) is 0 Å². The second-order valence-corrected chi connectivity index (χ2v) is 7.10. The Bertz CT molecular complexity index is 818. The molecule has 2 atom stereocenters. The molecule has 5 nitrogen and oxygen atoms in total. The summed E-state index contributed by atoms with van der Waals surface area (Å²) in [6.45, 7) is -0.933. The zero-order valence-electron chi connectivity index (χ0n) is 14.4. The molecule has 2 aromatic rings.